The molecule has 1 aromatic carbocycles. The molecule has 1 saturated carbocycles. The number of nitrogens with zero attached hydrogens (tertiary/aromatic N) is 1. The zero-order chi connectivity index (χ0) is 11.9. The van der Waals surface area contributed by atoms with E-state index in [4.69, 9.17) is 0 Å². The number of benzene rings is 1. The highest BCUT2D eigenvalue weighted by atomic mass is 16.3. The summed E-state index contributed by atoms with van der Waals surface area (Å²) >= 11 is 0. The number of aliphatic hydroxyl groups is 1. The Balaban J connectivity index is 2.24. The first kappa shape index (κ1) is 10.7. The number of rotatable bonds is 1. The van der Waals surface area contributed by atoms with E-state index in [1.165, 1.54) is 0 Å². The van der Waals surface area contributed by atoms with Crippen LogP contribution >= 0.6 is 0 Å². The molecule has 88 valence electrons. The summed E-state index contributed by atoms with van der Waals surface area (Å²) in [5, 5.41) is 13.1. The maximum atomic E-state index is 10.9. The van der Waals surface area contributed by atoms with E-state index >= 15 is 0 Å². The molecule has 0 aliphatic heterocycles. The third kappa shape index (κ3) is 1.55. The van der Waals surface area contributed by atoms with Crippen LogP contribution < -0.4 is 0 Å². The Labute approximate surface area is 101 Å². The zero-order valence-corrected chi connectivity index (χ0v) is 10.1. The van der Waals surface area contributed by atoms with Gasteiger partial charge >= 0.3 is 0 Å². The van der Waals surface area contributed by atoms with E-state index in [1.54, 1.807) is 6.20 Å². The largest absolute Gasteiger partial charge is 0.385 e. The molecule has 17 heavy (non-hydrogen) atoms. The second-order valence-electron chi connectivity index (χ2n) is 5.12. The first-order valence-electron chi connectivity index (χ1n) is 6.27. The van der Waals surface area contributed by atoms with E-state index in [0.29, 0.717) is 5.92 Å². The summed E-state index contributed by atoms with van der Waals surface area (Å²) in [6.45, 7) is 2.14. The fraction of sp³-hybridized carbons (Fsp3) is 0.400. The minimum atomic E-state index is -0.664. The van der Waals surface area contributed by atoms with Crippen molar-refractivity contribution in [2.75, 3.05) is 0 Å². The standard InChI is InChI=1S/C15H17NO/c1-11-4-3-8-15(11,17)14-6-2-5-12-7-9-16-10-13(12)14/h2,5-7,9-11,17H,3-4,8H2,1H3. The van der Waals surface area contributed by atoms with Gasteiger partial charge in [-0.05, 0) is 42.2 Å². The summed E-state index contributed by atoms with van der Waals surface area (Å²) in [5.74, 6) is 0.327. The highest BCUT2D eigenvalue weighted by molar-refractivity contribution is 5.85. The molecule has 0 bridgehead atoms. The average Bonchev–Trinajstić information content (AvgIpc) is 2.70. The number of pyridine rings is 1. The molecule has 0 radical (unpaired) electrons. The van der Waals surface area contributed by atoms with Crippen LogP contribution in [-0.2, 0) is 5.60 Å². The van der Waals surface area contributed by atoms with Crippen molar-refractivity contribution in [1.29, 1.82) is 0 Å². The lowest BCUT2D eigenvalue weighted by molar-refractivity contribution is 0.00592. The third-order valence-corrected chi connectivity index (χ3v) is 4.16. The van der Waals surface area contributed by atoms with Crippen LogP contribution in [0.25, 0.3) is 10.8 Å². The van der Waals surface area contributed by atoms with E-state index < -0.39 is 5.60 Å². The van der Waals surface area contributed by atoms with E-state index in [-0.39, 0.29) is 0 Å². The van der Waals surface area contributed by atoms with Gasteiger partial charge < -0.3 is 5.11 Å². The van der Waals surface area contributed by atoms with Gasteiger partial charge in [-0.15, -0.1) is 0 Å². The molecule has 1 aromatic heterocycles. The first-order chi connectivity index (χ1) is 8.22. The van der Waals surface area contributed by atoms with Crippen molar-refractivity contribution in [3.8, 4) is 0 Å². The lowest BCUT2D eigenvalue weighted by Crippen LogP contribution is -2.28. The van der Waals surface area contributed by atoms with E-state index in [0.717, 1.165) is 35.6 Å². The van der Waals surface area contributed by atoms with Crippen LogP contribution in [0, 0.1) is 5.92 Å². The van der Waals surface area contributed by atoms with Crippen LogP contribution in [0.2, 0.25) is 0 Å². The molecule has 0 spiro atoms. The van der Waals surface area contributed by atoms with Gasteiger partial charge in [0.1, 0.15) is 0 Å². The molecule has 1 aliphatic rings. The Morgan fingerprint density at radius 1 is 1.35 bits per heavy atom. The van der Waals surface area contributed by atoms with Crippen molar-refractivity contribution < 1.29 is 5.11 Å². The Bertz CT molecular complexity index is 546. The molecule has 2 heteroatoms. The van der Waals surface area contributed by atoms with E-state index in [2.05, 4.69) is 18.0 Å². The average molecular weight is 227 g/mol. The third-order valence-electron chi connectivity index (χ3n) is 4.16. The first-order valence-corrected chi connectivity index (χ1v) is 6.27. The summed E-state index contributed by atoms with van der Waals surface area (Å²) in [4.78, 5) is 4.19. The fourth-order valence-electron chi connectivity index (χ4n) is 3.05. The topological polar surface area (TPSA) is 33.1 Å². The van der Waals surface area contributed by atoms with Gasteiger partial charge in [-0.3, -0.25) is 4.98 Å². The van der Waals surface area contributed by atoms with Crippen LogP contribution in [-0.4, -0.2) is 10.1 Å². The lowest BCUT2D eigenvalue weighted by atomic mass is 9.83. The van der Waals surface area contributed by atoms with Gasteiger partial charge in [0.2, 0.25) is 0 Å². The van der Waals surface area contributed by atoms with Gasteiger partial charge in [0, 0.05) is 17.8 Å². The molecule has 0 saturated heterocycles. The summed E-state index contributed by atoms with van der Waals surface area (Å²) in [6, 6.07) is 8.15. The molecule has 2 atom stereocenters. The second kappa shape index (κ2) is 3.81. The molecule has 0 amide bonds. The van der Waals surface area contributed by atoms with Gasteiger partial charge in [-0.2, -0.15) is 0 Å². The van der Waals surface area contributed by atoms with Crippen molar-refractivity contribution >= 4 is 10.8 Å². The minimum absolute atomic E-state index is 0.327. The number of hydrogen-bond donors (Lipinski definition) is 1. The van der Waals surface area contributed by atoms with Crippen LogP contribution in [0.5, 0.6) is 0 Å². The predicted octanol–water partition coefficient (Wildman–Crippen LogP) is 3.24. The van der Waals surface area contributed by atoms with Crippen molar-refractivity contribution in [2.45, 2.75) is 31.8 Å². The maximum Gasteiger partial charge on any atom is 0.0928 e. The zero-order valence-electron chi connectivity index (χ0n) is 10.1. The quantitative estimate of drug-likeness (QED) is 0.811. The van der Waals surface area contributed by atoms with Crippen LogP contribution in [0.3, 0.4) is 0 Å². The molecule has 1 aliphatic carbocycles. The maximum absolute atomic E-state index is 10.9. The van der Waals surface area contributed by atoms with Gasteiger partial charge in [0.15, 0.2) is 0 Å². The van der Waals surface area contributed by atoms with E-state index in [9.17, 15) is 5.11 Å². The fourth-order valence-corrected chi connectivity index (χ4v) is 3.05. The number of aromatic nitrogens is 1. The van der Waals surface area contributed by atoms with Crippen LogP contribution in [0.1, 0.15) is 31.7 Å². The molecule has 1 heterocycles. The molecule has 1 fully saturated rings. The number of hydrogen-bond acceptors (Lipinski definition) is 2. The Morgan fingerprint density at radius 2 is 2.24 bits per heavy atom. The second-order valence-corrected chi connectivity index (χ2v) is 5.12. The summed E-state index contributed by atoms with van der Waals surface area (Å²) in [7, 11) is 0. The van der Waals surface area contributed by atoms with Crippen molar-refractivity contribution in [1.82, 2.24) is 4.98 Å². The Kier molecular flexibility index (Phi) is 2.40. The molecule has 2 nitrogen and oxygen atoms in total. The summed E-state index contributed by atoms with van der Waals surface area (Å²) in [6.07, 6.45) is 6.74. The Hall–Kier alpha value is -1.41. The van der Waals surface area contributed by atoms with Crippen molar-refractivity contribution in [3.05, 3.63) is 42.2 Å². The van der Waals surface area contributed by atoms with Crippen molar-refractivity contribution in [3.63, 3.8) is 0 Å². The normalized spacial score (nSPS) is 28.7. The SMILES string of the molecule is CC1CCCC1(O)c1cccc2ccncc12. The minimum Gasteiger partial charge on any atom is -0.385 e. The summed E-state index contributed by atoms with van der Waals surface area (Å²) in [5.41, 5.74) is 0.385. The molecule has 3 rings (SSSR count). The molecule has 2 aromatic rings. The Morgan fingerprint density at radius 3 is 3.00 bits per heavy atom. The molecular formula is C15H17NO. The van der Waals surface area contributed by atoms with Crippen molar-refractivity contribution in [2.24, 2.45) is 5.92 Å². The van der Waals surface area contributed by atoms with E-state index in [1.807, 2.05) is 24.4 Å². The smallest absolute Gasteiger partial charge is 0.0928 e. The molecular weight excluding hydrogens is 210 g/mol. The number of fused-ring (bicyclic) bond motifs is 1. The van der Waals surface area contributed by atoms with Crippen LogP contribution in [0.15, 0.2) is 36.7 Å². The monoisotopic (exact) mass is 227 g/mol. The molecule has 1 N–H and O–H groups in total. The summed E-state index contributed by atoms with van der Waals surface area (Å²) < 4.78 is 0. The van der Waals surface area contributed by atoms with Gasteiger partial charge in [0.05, 0.1) is 5.60 Å². The van der Waals surface area contributed by atoms with Gasteiger partial charge in [0.25, 0.3) is 0 Å². The van der Waals surface area contributed by atoms with Gasteiger partial charge in [-0.1, -0.05) is 25.1 Å². The highest BCUT2D eigenvalue weighted by Crippen LogP contribution is 2.45. The lowest BCUT2D eigenvalue weighted by Gasteiger charge is -2.29. The molecule has 2 unspecified atom stereocenters. The van der Waals surface area contributed by atoms with Crippen LogP contribution in [0.4, 0.5) is 0 Å². The highest BCUT2D eigenvalue weighted by Gasteiger charge is 2.40. The van der Waals surface area contributed by atoms with Gasteiger partial charge in [-0.25, -0.2) is 0 Å². The predicted molar refractivity (Wildman–Crippen MR) is 68.7 cm³/mol.